The van der Waals surface area contributed by atoms with E-state index in [4.69, 9.17) is 5.11 Å². The van der Waals surface area contributed by atoms with Crippen molar-refractivity contribution in [1.82, 2.24) is 0 Å². The first-order chi connectivity index (χ1) is 3.13. The van der Waals surface area contributed by atoms with Crippen molar-refractivity contribution in [1.29, 1.82) is 0 Å². The van der Waals surface area contributed by atoms with Gasteiger partial charge in [-0.25, -0.2) is 0 Å². The van der Waals surface area contributed by atoms with Gasteiger partial charge in [0.1, 0.15) is 0 Å². The molecule has 0 aromatic heterocycles. The molecule has 53 valence electrons. The predicted molar refractivity (Wildman–Crippen MR) is 37.0 cm³/mol. The minimum Gasteiger partial charge on any atom is -0.512 e. The van der Waals surface area contributed by atoms with Gasteiger partial charge in [-0.05, 0) is 13.8 Å². The normalized spacial score (nSPS) is 8.89. The first kappa shape index (κ1) is 16.1. The fourth-order valence-electron chi connectivity index (χ4n) is 0.294. The van der Waals surface area contributed by atoms with Crippen molar-refractivity contribution < 1.29 is 27.0 Å². The van der Waals surface area contributed by atoms with Crippen molar-refractivity contribution in [3.8, 4) is 0 Å². The van der Waals surface area contributed by atoms with Gasteiger partial charge in [-0.3, -0.25) is 4.79 Å². The van der Waals surface area contributed by atoms with E-state index in [1.165, 1.54) is 19.9 Å². The molecule has 0 aromatic carbocycles. The fraction of sp³-hybridized carbons (Fsp3) is 0.400. The van der Waals surface area contributed by atoms with Crippen molar-refractivity contribution in [3.63, 3.8) is 0 Å². The summed E-state index contributed by atoms with van der Waals surface area (Å²) in [6.07, 6.45) is 1.17. The molecule has 2 nitrogen and oxygen atoms in total. The Morgan fingerprint density at radius 2 is 1.78 bits per heavy atom. The Hall–Kier alpha value is 0.262. The van der Waals surface area contributed by atoms with Crippen LogP contribution in [0.3, 0.4) is 0 Å². The molecule has 0 bridgehead atoms. The van der Waals surface area contributed by atoms with Gasteiger partial charge in [-0.1, -0.05) is 0 Å². The van der Waals surface area contributed by atoms with Gasteiger partial charge in [0.25, 0.3) is 0 Å². The van der Waals surface area contributed by atoms with Gasteiger partial charge in [0.15, 0.2) is 23.1 Å². The van der Waals surface area contributed by atoms with E-state index in [1.54, 1.807) is 0 Å². The van der Waals surface area contributed by atoms with Gasteiger partial charge in [-0.2, -0.15) is 0 Å². The van der Waals surface area contributed by atoms with E-state index in [1.807, 2.05) is 0 Å². The van der Waals surface area contributed by atoms with E-state index < -0.39 is 0 Å². The Labute approximate surface area is 75.9 Å². The molecule has 4 heteroatoms. The van der Waals surface area contributed by atoms with E-state index in [0.717, 1.165) is 0 Å². The molecule has 0 aliphatic rings. The Bertz CT molecular complexity index is 108. The third-order valence-electron chi connectivity index (χ3n) is 0.412. The maximum atomic E-state index is 10.0. The van der Waals surface area contributed by atoms with Crippen LogP contribution in [0.5, 0.6) is 0 Å². The van der Waals surface area contributed by atoms with Gasteiger partial charge in [0.2, 0.25) is 0 Å². The topological polar surface area (TPSA) is 37.3 Å². The van der Waals surface area contributed by atoms with E-state index in [9.17, 15) is 4.79 Å². The molecule has 0 saturated heterocycles. The van der Waals surface area contributed by atoms with Crippen molar-refractivity contribution >= 4 is 23.1 Å². The average Bonchev–Trinajstić information content (AvgIpc) is 1.27. The van der Waals surface area contributed by atoms with E-state index in [2.05, 4.69) is 0 Å². The van der Waals surface area contributed by atoms with Crippen LogP contribution in [0.4, 0.5) is 0 Å². The van der Waals surface area contributed by atoms with Crippen molar-refractivity contribution in [2.24, 2.45) is 0 Å². The standard InChI is InChI=1S/C5H8O2.Al.Mn.3H/c1-4(6)3-5(2)7;;;;;/h3,6H,1-2H3;;;;;/b4-3-;;;;;. The van der Waals surface area contributed by atoms with Crippen LogP contribution in [0.2, 0.25) is 0 Å². The minimum atomic E-state index is -0.125. The molecule has 0 amide bonds. The van der Waals surface area contributed by atoms with Gasteiger partial charge < -0.3 is 5.11 Å². The first-order valence-corrected chi connectivity index (χ1v) is 2.01. The third kappa shape index (κ3) is 17.8. The quantitative estimate of drug-likeness (QED) is 0.350. The van der Waals surface area contributed by atoms with Crippen molar-refractivity contribution in [3.05, 3.63) is 11.8 Å². The van der Waals surface area contributed by atoms with Crippen LogP contribution in [0.15, 0.2) is 11.8 Å². The van der Waals surface area contributed by atoms with Gasteiger partial charge in [0.05, 0.1) is 5.76 Å². The Morgan fingerprint density at radius 1 is 1.44 bits per heavy atom. The summed E-state index contributed by atoms with van der Waals surface area (Å²) in [4.78, 5) is 10.0. The number of allylic oxidation sites excluding steroid dienone is 2. The second kappa shape index (κ2) is 8.26. The zero-order valence-electron chi connectivity index (χ0n) is 4.81. The number of aliphatic hydroxyl groups excluding tert-OH is 1. The largest absolute Gasteiger partial charge is 0.512 e. The Morgan fingerprint density at radius 3 is 1.78 bits per heavy atom. The molecule has 1 N–H and O–H groups in total. The molecule has 0 rings (SSSR count). The van der Waals surface area contributed by atoms with Crippen LogP contribution >= 0.6 is 0 Å². The zero-order chi connectivity index (χ0) is 5.86. The number of hydrogen-bond acceptors (Lipinski definition) is 2. The molecule has 0 fully saturated rings. The number of carbonyl (C=O) groups is 1. The fourth-order valence-corrected chi connectivity index (χ4v) is 0.294. The second-order valence-electron chi connectivity index (χ2n) is 1.40. The molecular weight excluding hydrogens is 174 g/mol. The molecule has 0 saturated carbocycles. The summed E-state index contributed by atoms with van der Waals surface area (Å²) >= 11 is 0. The maximum Gasteiger partial charge on any atom is 0.187 e. The molecule has 0 unspecified atom stereocenters. The van der Waals surface area contributed by atoms with E-state index in [0.29, 0.717) is 0 Å². The first-order valence-electron chi connectivity index (χ1n) is 2.01. The SMILES string of the molecule is CC(=O)/C=C(/C)O.[AlH3].[Mn]. The summed E-state index contributed by atoms with van der Waals surface area (Å²) in [7, 11) is 0. The number of hydrogen-bond donors (Lipinski definition) is 1. The summed E-state index contributed by atoms with van der Waals surface area (Å²) in [6.45, 7) is 2.85. The molecule has 0 aliphatic heterocycles. The van der Waals surface area contributed by atoms with Gasteiger partial charge in [0, 0.05) is 23.1 Å². The zero-order valence-corrected chi connectivity index (χ0v) is 5.99. The molecule has 0 spiro atoms. The molecule has 0 aromatic rings. The number of carbonyl (C=O) groups excluding carboxylic acids is 1. The Kier molecular flexibility index (Phi) is 14.8. The van der Waals surface area contributed by atoms with E-state index in [-0.39, 0.29) is 46.0 Å². The maximum absolute atomic E-state index is 10.0. The van der Waals surface area contributed by atoms with Crippen LogP contribution in [-0.2, 0) is 21.9 Å². The molecule has 0 heterocycles. The Balaban J connectivity index is -0.000000180. The third-order valence-corrected chi connectivity index (χ3v) is 0.412. The van der Waals surface area contributed by atoms with Crippen LogP contribution in [0.25, 0.3) is 0 Å². The number of aliphatic hydroxyl groups is 1. The number of rotatable bonds is 1. The molecule has 0 atom stereocenters. The smallest absolute Gasteiger partial charge is 0.187 e. The monoisotopic (exact) mass is 185 g/mol. The van der Waals surface area contributed by atoms with Gasteiger partial charge in [-0.15, -0.1) is 0 Å². The van der Waals surface area contributed by atoms with Crippen LogP contribution in [0, 0.1) is 0 Å². The molecule has 0 aliphatic carbocycles. The molecule has 1 radical (unpaired) electrons. The predicted octanol–water partition coefficient (Wildman–Crippen LogP) is -0.149. The summed E-state index contributed by atoms with van der Waals surface area (Å²) in [5.41, 5.74) is 0. The molecular formula is C5H11AlMnO2. The molecule has 9 heavy (non-hydrogen) atoms. The van der Waals surface area contributed by atoms with Crippen molar-refractivity contribution in [2.75, 3.05) is 0 Å². The van der Waals surface area contributed by atoms with Crippen LogP contribution < -0.4 is 0 Å². The summed E-state index contributed by atoms with van der Waals surface area (Å²) < 4.78 is 0. The minimum absolute atomic E-state index is 0. The number of ketones is 1. The van der Waals surface area contributed by atoms with Crippen LogP contribution in [0.1, 0.15) is 13.8 Å². The summed E-state index contributed by atoms with van der Waals surface area (Å²) in [5, 5.41) is 8.36. The van der Waals surface area contributed by atoms with E-state index >= 15 is 0 Å². The van der Waals surface area contributed by atoms with Crippen molar-refractivity contribution in [2.45, 2.75) is 13.8 Å². The second-order valence-corrected chi connectivity index (χ2v) is 1.40. The average molecular weight is 185 g/mol. The summed E-state index contributed by atoms with van der Waals surface area (Å²) in [6, 6.07) is 0. The van der Waals surface area contributed by atoms with Crippen LogP contribution in [-0.4, -0.2) is 28.3 Å². The summed E-state index contributed by atoms with van der Waals surface area (Å²) in [5.74, 6) is -0.0625. The van der Waals surface area contributed by atoms with Gasteiger partial charge >= 0.3 is 0 Å².